The number of benzene rings is 2. The number of rotatable bonds is 11. The van der Waals surface area contributed by atoms with Crippen molar-refractivity contribution in [2.45, 2.75) is 26.7 Å². The Hall–Kier alpha value is -3.03. The second-order valence-electron chi connectivity index (χ2n) is 8.35. The summed E-state index contributed by atoms with van der Waals surface area (Å²) in [6.45, 7) is 7.30. The molecule has 0 radical (unpaired) electrons. The van der Waals surface area contributed by atoms with Gasteiger partial charge in [0.15, 0.2) is 5.78 Å². The van der Waals surface area contributed by atoms with Crippen LogP contribution >= 0.6 is 11.6 Å². The third-order valence-electron chi connectivity index (χ3n) is 5.88. The molecule has 0 atom stereocenters. The lowest BCUT2D eigenvalue weighted by atomic mass is 10.1. The maximum absolute atomic E-state index is 13.6. The summed E-state index contributed by atoms with van der Waals surface area (Å²) in [5, 5.41) is 3.82. The number of halogens is 2. The zero-order valence-corrected chi connectivity index (χ0v) is 20.1. The first-order chi connectivity index (χ1) is 16.5. The molecule has 0 saturated heterocycles. The van der Waals surface area contributed by atoms with Crippen molar-refractivity contribution >= 4 is 39.8 Å². The fourth-order valence-corrected chi connectivity index (χ4v) is 3.76. The van der Waals surface area contributed by atoms with Crippen molar-refractivity contribution in [3.63, 3.8) is 0 Å². The van der Waals surface area contributed by atoms with E-state index in [0.717, 1.165) is 25.9 Å². The zero-order chi connectivity index (χ0) is 24.1. The van der Waals surface area contributed by atoms with E-state index < -0.39 is 5.82 Å². The average Bonchev–Trinajstić information content (AvgIpc) is 3.67. The van der Waals surface area contributed by atoms with E-state index in [0.29, 0.717) is 52.8 Å². The Labute approximate surface area is 203 Å². The molecule has 178 valence electrons. The predicted octanol–water partition coefficient (Wildman–Crippen LogP) is 6.04. The van der Waals surface area contributed by atoms with Crippen molar-refractivity contribution in [1.29, 1.82) is 0 Å². The summed E-state index contributed by atoms with van der Waals surface area (Å²) >= 11 is 5.92. The Morgan fingerprint density at radius 1 is 1.24 bits per heavy atom. The summed E-state index contributed by atoms with van der Waals surface area (Å²) in [6.07, 6.45) is 7.21. The number of carbonyl (C=O) groups excluding carboxylic acids is 1. The number of likely N-dealkylation sites (N-methyl/N-ethyl adjacent to an activating group) is 1. The van der Waals surface area contributed by atoms with Crippen LogP contribution in [0.1, 0.15) is 37.0 Å². The normalized spacial score (nSPS) is 13.7. The van der Waals surface area contributed by atoms with Gasteiger partial charge in [-0.1, -0.05) is 31.5 Å². The molecule has 8 heteroatoms. The third kappa shape index (κ3) is 5.90. The monoisotopic (exact) mass is 482 g/mol. The smallest absolute Gasteiger partial charge is 0.189 e. The van der Waals surface area contributed by atoms with Gasteiger partial charge in [0.1, 0.15) is 23.7 Å². The number of nitrogens with zero attached hydrogens (tertiary/aromatic N) is 3. The van der Waals surface area contributed by atoms with E-state index in [1.54, 1.807) is 24.3 Å². The first-order valence-corrected chi connectivity index (χ1v) is 11.9. The molecule has 0 amide bonds. The third-order valence-corrected chi connectivity index (χ3v) is 6.17. The SMILES string of the molecule is CCN(CC)CC=CC(=O)c1cc2c(Nc3ccc(F)c(Cl)c3)ncnc2cc1OCC1CC1. The van der Waals surface area contributed by atoms with Crippen LogP contribution in [0.2, 0.25) is 5.02 Å². The molecule has 1 fully saturated rings. The van der Waals surface area contributed by atoms with Crippen molar-refractivity contribution in [2.24, 2.45) is 5.92 Å². The van der Waals surface area contributed by atoms with E-state index >= 15 is 0 Å². The highest BCUT2D eigenvalue weighted by atomic mass is 35.5. The lowest BCUT2D eigenvalue weighted by Crippen LogP contribution is -2.22. The number of nitrogens with one attached hydrogen (secondary N) is 1. The quantitative estimate of drug-likeness (QED) is 0.265. The van der Waals surface area contributed by atoms with Crippen LogP contribution in [0.15, 0.2) is 48.8 Å². The lowest BCUT2D eigenvalue weighted by molar-refractivity contribution is 0.104. The summed E-state index contributed by atoms with van der Waals surface area (Å²) in [5.41, 5.74) is 1.67. The molecule has 0 bridgehead atoms. The fraction of sp³-hybridized carbons (Fsp3) is 0.346. The van der Waals surface area contributed by atoms with Crippen molar-refractivity contribution in [3.8, 4) is 5.75 Å². The van der Waals surface area contributed by atoms with E-state index in [-0.39, 0.29) is 10.8 Å². The average molecular weight is 483 g/mol. The number of ketones is 1. The number of fused-ring (bicyclic) bond motifs is 1. The molecule has 0 unspecified atom stereocenters. The van der Waals surface area contributed by atoms with E-state index in [1.165, 1.54) is 18.5 Å². The Balaban J connectivity index is 1.68. The van der Waals surface area contributed by atoms with Crippen molar-refractivity contribution < 1.29 is 13.9 Å². The summed E-state index contributed by atoms with van der Waals surface area (Å²) in [7, 11) is 0. The zero-order valence-electron chi connectivity index (χ0n) is 19.4. The maximum Gasteiger partial charge on any atom is 0.189 e. The van der Waals surface area contributed by atoms with Crippen molar-refractivity contribution in [1.82, 2.24) is 14.9 Å². The highest BCUT2D eigenvalue weighted by molar-refractivity contribution is 6.31. The molecule has 1 aromatic heterocycles. The Morgan fingerprint density at radius 3 is 2.74 bits per heavy atom. The predicted molar refractivity (Wildman–Crippen MR) is 134 cm³/mol. The molecule has 1 aliphatic rings. The molecule has 2 aromatic carbocycles. The van der Waals surface area contributed by atoms with Crippen LogP contribution in [-0.2, 0) is 0 Å². The molecule has 0 aliphatic heterocycles. The molecule has 1 N–H and O–H groups in total. The number of allylic oxidation sites excluding steroid dienone is 1. The van der Waals surface area contributed by atoms with E-state index in [4.69, 9.17) is 16.3 Å². The van der Waals surface area contributed by atoms with Gasteiger partial charge in [-0.3, -0.25) is 4.79 Å². The van der Waals surface area contributed by atoms with Gasteiger partial charge in [0.05, 0.1) is 22.7 Å². The largest absolute Gasteiger partial charge is 0.492 e. The molecular weight excluding hydrogens is 455 g/mol. The number of hydrogen-bond donors (Lipinski definition) is 1. The van der Waals surface area contributed by atoms with E-state index in [2.05, 4.69) is 34.0 Å². The number of carbonyl (C=O) groups is 1. The molecular formula is C26H28ClFN4O2. The molecule has 6 nitrogen and oxygen atoms in total. The first-order valence-electron chi connectivity index (χ1n) is 11.5. The minimum absolute atomic E-state index is 0.00771. The highest BCUT2D eigenvalue weighted by Crippen LogP contribution is 2.34. The van der Waals surface area contributed by atoms with Crippen LogP contribution in [0.5, 0.6) is 5.75 Å². The summed E-state index contributed by atoms with van der Waals surface area (Å²) < 4.78 is 19.6. The van der Waals surface area contributed by atoms with Gasteiger partial charge in [-0.25, -0.2) is 14.4 Å². The minimum atomic E-state index is -0.499. The lowest BCUT2D eigenvalue weighted by Gasteiger charge is -2.15. The van der Waals surface area contributed by atoms with Gasteiger partial charge in [0, 0.05) is 23.7 Å². The number of hydrogen-bond acceptors (Lipinski definition) is 6. The van der Waals surface area contributed by atoms with Crippen molar-refractivity contribution in [2.75, 3.05) is 31.6 Å². The van der Waals surface area contributed by atoms with Gasteiger partial charge in [0.2, 0.25) is 0 Å². The van der Waals surface area contributed by atoms with E-state index in [1.807, 2.05) is 6.08 Å². The summed E-state index contributed by atoms with van der Waals surface area (Å²) in [5.74, 6) is 0.915. The number of anilines is 2. The van der Waals surface area contributed by atoms with Crippen LogP contribution in [0.3, 0.4) is 0 Å². The minimum Gasteiger partial charge on any atom is -0.492 e. The maximum atomic E-state index is 13.6. The van der Waals surface area contributed by atoms with Gasteiger partial charge in [0.25, 0.3) is 0 Å². The van der Waals surface area contributed by atoms with Gasteiger partial charge < -0.3 is 15.0 Å². The van der Waals surface area contributed by atoms with Crippen LogP contribution < -0.4 is 10.1 Å². The van der Waals surface area contributed by atoms with Crippen LogP contribution in [0.25, 0.3) is 10.9 Å². The molecule has 34 heavy (non-hydrogen) atoms. The molecule has 1 saturated carbocycles. The highest BCUT2D eigenvalue weighted by Gasteiger charge is 2.23. The fourth-order valence-electron chi connectivity index (χ4n) is 3.58. The van der Waals surface area contributed by atoms with Gasteiger partial charge >= 0.3 is 0 Å². The number of aromatic nitrogens is 2. The van der Waals surface area contributed by atoms with Crippen LogP contribution in [0, 0.1) is 11.7 Å². The molecule has 4 rings (SSSR count). The first kappa shape index (κ1) is 24.1. The van der Waals surface area contributed by atoms with Gasteiger partial charge in [-0.05, 0) is 62.2 Å². The molecule has 1 aliphatic carbocycles. The topological polar surface area (TPSA) is 67.4 Å². The Bertz CT molecular complexity index is 1210. The second kappa shape index (κ2) is 10.9. The molecule has 1 heterocycles. The Kier molecular flexibility index (Phi) is 7.75. The second-order valence-corrected chi connectivity index (χ2v) is 8.76. The number of ether oxygens (including phenoxy) is 1. The summed E-state index contributed by atoms with van der Waals surface area (Å²) in [6, 6.07) is 7.89. The Morgan fingerprint density at radius 2 is 2.03 bits per heavy atom. The van der Waals surface area contributed by atoms with Gasteiger partial charge in [-0.2, -0.15) is 0 Å². The molecule has 0 spiro atoms. The van der Waals surface area contributed by atoms with E-state index in [9.17, 15) is 9.18 Å². The molecule has 3 aromatic rings. The van der Waals surface area contributed by atoms with Crippen molar-refractivity contribution in [3.05, 3.63) is 65.2 Å². The van der Waals surface area contributed by atoms with Gasteiger partial charge in [-0.15, -0.1) is 0 Å². The van der Waals surface area contributed by atoms with Crippen LogP contribution in [-0.4, -0.2) is 46.9 Å². The summed E-state index contributed by atoms with van der Waals surface area (Å²) in [4.78, 5) is 24.1. The van der Waals surface area contributed by atoms with Crippen LogP contribution in [0.4, 0.5) is 15.9 Å². The standard InChI is InChI=1S/C26H28ClFN4O2/c1-3-32(4-2)11-5-6-24(33)20-13-19-23(14-25(20)34-15-17-7-8-17)29-16-30-26(19)31-18-9-10-22(28)21(27)12-18/h5-6,9-10,12-14,16-17H,3-4,7-8,11,15H2,1-2H3,(H,29,30,31).